The van der Waals surface area contributed by atoms with E-state index in [1.165, 1.54) is 0 Å². The summed E-state index contributed by atoms with van der Waals surface area (Å²) in [5.74, 6) is 0. The maximum absolute atomic E-state index is 12.2. The van der Waals surface area contributed by atoms with Crippen molar-refractivity contribution >= 4 is 46.2 Å². The molecule has 10 heteroatoms. The second kappa shape index (κ2) is 9.78. The fourth-order valence-electron chi connectivity index (χ4n) is 2.59. The number of carbonyl (C=O) groups excluding carboxylic acids is 2. The van der Waals surface area contributed by atoms with E-state index in [4.69, 9.17) is 10.4 Å². The first-order valence-corrected chi connectivity index (χ1v) is 8.82. The molecule has 0 bridgehead atoms. The fourth-order valence-corrected chi connectivity index (χ4v) is 2.59. The van der Waals surface area contributed by atoms with Crippen molar-refractivity contribution < 1.29 is 20.0 Å². The van der Waals surface area contributed by atoms with E-state index in [9.17, 15) is 9.59 Å². The van der Waals surface area contributed by atoms with Gasteiger partial charge in [0.15, 0.2) is 0 Å². The Kier molecular flexibility index (Phi) is 6.66. The third-order valence-corrected chi connectivity index (χ3v) is 3.88. The van der Waals surface area contributed by atoms with Crippen LogP contribution in [0.1, 0.15) is 0 Å². The molecule has 4 amide bonds. The molecule has 0 fully saturated rings. The van der Waals surface area contributed by atoms with Crippen LogP contribution in [-0.2, 0) is 0 Å². The molecule has 0 spiro atoms. The van der Waals surface area contributed by atoms with Crippen LogP contribution in [0.4, 0.5) is 43.7 Å². The largest absolute Gasteiger partial charge is 0.323 e. The molecule has 0 aliphatic rings. The number of hydrogen-bond acceptors (Lipinski definition) is 6. The predicted octanol–water partition coefficient (Wildman–Crippen LogP) is 4.58. The minimum atomic E-state index is -0.486. The first-order valence-electron chi connectivity index (χ1n) is 8.82. The van der Waals surface area contributed by atoms with Gasteiger partial charge in [0.1, 0.15) is 0 Å². The summed E-state index contributed by atoms with van der Waals surface area (Å²) in [7, 11) is 0. The number of urea groups is 2. The Hall–Kier alpha value is -4.28. The number of benzene rings is 3. The van der Waals surface area contributed by atoms with Gasteiger partial charge in [0.05, 0.1) is 11.4 Å². The lowest BCUT2D eigenvalue weighted by Gasteiger charge is -2.11. The molecule has 10 nitrogen and oxygen atoms in total. The third-order valence-electron chi connectivity index (χ3n) is 3.88. The number of hydrogen-bond donors (Lipinski definition) is 8. The number of amides is 4. The maximum Gasteiger partial charge on any atom is 0.323 e. The summed E-state index contributed by atoms with van der Waals surface area (Å²) in [6.45, 7) is 0. The molecule has 154 valence electrons. The molecular formula is C20H20N6O4. The third kappa shape index (κ3) is 5.86. The Balaban J connectivity index is 1.58. The minimum absolute atomic E-state index is 0.435. The summed E-state index contributed by atoms with van der Waals surface area (Å²) in [5.41, 5.74) is 6.79. The van der Waals surface area contributed by atoms with Crippen LogP contribution in [0.15, 0.2) is 72.8 Å². The zero-order chi connectivity index (χ0) is 21.3. The quantitative estimate of drug-likeness (QED) is 0.280. The van der Waals surface area contributed by atoms with E-state index in [0.29, 0.717) is 34.1 Å². The second-order valence-electron chi connectivity index (χ2n) is 6.12. The molecule has 0 atom stereocenters. The van der Waals surface area contributed by atoms with Crippen LogP contribution in [0, 0.1) is 0 Å². The Morgan fingerprint density at radius 1 is 0.500 bits per heavy atom. The van der Waals surface area contributed by atoms with Gasteiger partial charge in [-0.05, 0) is 54.6 Å². The predicted molar refractivity (Wildman–Crippen MR) is 115 cm³/mol. The molecule has 0 saturated carbocycles. The lowest BCUT2D eigenvalue weighted by atomic mass is 10.2. The molecule has 8 N–H and O–H groups in total. The van der Waals surface area contributed by atoms with Crippen molar-refractivity contribution in [2.24, 2.45) is 0 Å². The molecule has 0 aromatic heterocycles. The summed E-state index contributed by atoms with van der Waals surface area (Å²) in [5, 5.41) is 28.5. The molecule has 3 aromatic carbocycles. The molecule has 0 unspecified atom stereocenters. The topological polar surface area (TPSA) is 147 Å². The molecular weight excluding hydrogens is 388 g/mol. The van der Waals surface area contributed by atoms with Gasteiger partial charge in [0, 0.05) is 22.7 Å². The van der Waals surface area contributed by atoms with Crippen molar-refractivity contribution in [2.75, 3.05) is 32.2 Å². The smallest absolute Gasteiger partial charge is 0.308 e. The monoisotopic (exact) mass is 408 g/mol. The van der Waals surface area contributed by atoms with E-state index in [1.807, 2.05) is 11.0 Å². The highest BCUT2D eigenvalue weighted by atomic mass is 16.5. The first-order chi connectivity index (χ1) is 14.6. The van der Waals surface area contributed by atoms with Crippen molar-refractivity contribution in [3.8, 4) is 0 Å². The van der Waals surface area contributed by atoms with Crippen LogP contribution in [0.5, 0.6) is 0 Å². The average molecular weight is 408 g/mol. The Bertz CT molecular complexity index is 964. The van der Waals surface area contributed by atoms with Crippen molar-refractivity contribution in [2.45, 2.75) is 0 Å². The summed E-state index contributed by atoms with van der Waals surface area (Å²) in [4.78, 5) is 24.4. The zero-order valence-corrected chi connectivity index (χ0v) is 15.6. The Morgan fingerprint density at radius 3 is 1.07 bits per heavy atom. The van der Waals surface area contributed by atoms with Gasteiger partial charge in [0.25, 0.3) is 0 Å². The van der Waals surface area contributed by atoms with Gasteiger partial charge in [-0.1, -0.05) is 18.2 Å². The SMILES string of the molecule is O=C(Nc1cccc(NO)c1)Nc1cccc(NC(=O)Nc2cccc(NO)c2)c1. The van der Waals surface area contributed by atoms with Gasteiger partial charge >= 0.3 is 12.1 Å². The van der Waals surface area contributed by atoms with Gasteiger partial charge in [-0.25, -0.2) is 9.59 Å². The average Bonchev–Trinajstić information content (AvgIpc) is 2.74. The normalized spacial score (nSPS) is 9.93. The summed E-state index contributed by atoms with van der Waals surface area (Å²) < 4.78 is 0. The van der Waals surface area contributed by atoms with E-state index in [-0.39, 0.29) is 0 Å². The first kappa shape index (κ1) is 20.5. The Labute approximate surface area is 171 Å². The van der Waals surface area contributed by atoms with Gasteiger partial charge in [0.2, 0.25) is 0 Å². The summed E-state index contributed by atoms with van der Waals surface area (Å²) in [6.07, 6.45) is 0. The second-order valence-corrected chi connectivity index (χ2v) is 6.12. The van der Waals surface area contributed by atoms with E-state index in [2.05, 4.69) is 21.3 Å². The van der Waals surface area contributed by atoms with Crippen LogP contribution in [0.2, 0.25) is 0 Å². The molecule has 0 aliphatic carbocycles. The lowest BCUT2D eigenvalue weighted by molar-refractivity contribution is 0.261. The molecule has 0 aliphatic heterocycles. The van der Waals surface area contributed by atoms with Crippen molar-refractivity contribution in [1.29, 1.82) is 0 Å². The van der Waals surface area contributed by atoms with Crippen LogP contribution in [-0.4, -0.2) is 22.5 Å². The summed E-state index contributed by atoms with van der Waals surface area (Å²) in [6, 6.07) is 18.7. The molecule has 0 heterocycles. The maximum atomic E-state index is 12.2. The van der Waals surface area contributed by atoms with Gasteiger partial charge in [-0.3, -0.25) is 21.4 Å². The number of anilines is 6. The highest BCUT2D eigenvalue weighted by Gasteiger charge is 2.07. The fraction of sp³-hybridized carbons (Fsp3) is 0. The van der Waals surface area contributed by atoms with E-state index in [0.717, 1.165) is 0 Å². The molecule has 3 rings (SSSR count). The van der Waals surface area contributed by atoms with Gasteiger partial charge in [-0.2, -0.15) is 0 Å². The minimum Gasteiger partial charge on any atom is -0.308 e. The highest BCUT2D eigenvalue weighted by Crippen LogP contribution is 2.19. The number of carbonyl (C=O) groups is 2. The molecule has 0 saturated heterocycles. The van der Waals surface area contributed by atoms with E-state index < -0.39 is 12.1 Å². The molecule has 30 heavy (non-hydrogen) atoms. The zero-order valence-electron chi connectivity index (χ0n) is 15.6. The standard InChI is InChI=1S/C20H20N6O4/c27-19(23-15-6-2-8-17(11-15)25-29)21-13-4-1-5-14(10-13)22-20(28)24-16-7-3-9-18(12-16)26-30/h1-12,25-26,29-30H,(H2,21,23,27)(H2,22,24,28). The van der Waals surface area contributed by atoms with Gasteiger partial charge < -0.3 is 21.3 Å². The van der Waals surface area contributed by atoms with Crippen molar-refractivity contribution in [3.63, 3.8) is 0 Å². The van der Waals surface area contributed by atoms with Crippen LogP contribution >= 0.6 is 0 Å². The highest BCUT2D eigenvalue weighted by molar-refractivity contribution is 6.02. The molecule has 3 aromatic rings. The lowest BCUT2D eigenvalue weighted by Crippen LogP contribution is -2.21. The van der Waals surface area contributed by atoms with Crippen LogP contribution < -0.4 is 32.2 Å². The van der Waals surface area contributed by atoms with Crippen LogP contribution in [0.25, 0.3) is 0 Å². The Morgan fingerprint density at radius 2 is 0.767 bits per heavy atom. The van der Waals surface area contributed by atoms with Gasteiger partial charge in [-0.15, -0.1) is 0 Å². The van der Waals surface area contributed by atoms with Crippen LogP contribution in [0.3, 0.4) is 0 Å². The van der Waals surface area contributed by atoms with Crippen molar-refractivity contribution in [3.05, 3.63) is 72.8 Å². The molecule has 0 radical (unpaired) electrons. The van der Waals surface area contributed by atoms with Crippen molar-refractivity contribution in [1.82, 2.24) is 0 Å². The van der Waals surface area contributed by atoms with E-state index >= 15 is 0 Å². The number of nitrogens with one attached hydrogen (secondary N) is 6. The van der Waals surface area contributed by atoms with E-state index in [1.54, 1.807) is 72.8 Å². The summed E-state index contributed by atoms with van der Waals surface area (Å²) >= 11 is 0. The number of rotatable bonds is 6.